The summed E-state index contributed by atoms with van der Waals surface area (Å²) in [6, 6.07) is 1.04. The Bertz CT molecular complexity index is 901. The molecule has 0 radical (unpaired) electrons. The first-order valence-electron chi connectivity index (χ1n) is 7.66. The second kappa shape index (κ2) is 6.23. The molecule has 25 heavy (non-hydrogen) atoms. The number of hydrogen-bond donors (Lipinski definition) is 3. The van der Waals surface area contributed by atoms with E-state index in [0.717, 1.165) is 12.3 Å². The van der Waals surface area contributed by atoms with Crippen LogP contribution in [0.1, 0.15) is 19.4 Å². The number of alkyl halides is 3. The molecule has 0 fully saturated rings. The summed E-state index contributed by atoms with van der Waals surface area (Å²) in [6.45, 7) is 4.74. The third-order valence-corrected chi connectivity index (χ3v) is 3.60. The lowest BCUT2D eigenvalue weighted by Gasteiger charge is -2.10. The highest BCUT2D eigenvalue weighted by Crippen LogP contribution is 2.35. The van der Waals surface area contributed by atoms with E-state index in [0.29, 0.717) is 40.7 Å². The smallest absolute Gasteiger partial charge is 0.396 e. The SMILES string of the molecule is CC(C)CNc1ncc(N)c(-c2c[nH]c3ncc(C(F)(F)F)cc23)n1. The number of aromatic amines is 1. The molecular weight excluding hydrogens is 333 g/mol. The quantitative estimate of drug-likeness (QED) is 0.667. The Kier molecular flexibility index (Phi) is 4.23. The Morgan fingerprint density at radius 1 is 1.24 bits per heavy atom. The van der Waals surface area contributed by atoms with Crippen molar-refractivity contribution in [3.8, 4) is 11.3 Å². The van der Waals surface area contributed by atoms with Crippen LogP contribution in [0.3, 0.4) is 0 Å². The number of pyridine rings is 1. The van der Waals surface area contributed by atoms with Gasteiger partial charge in [0.05, 0.1) is 17.4 Å². The minimum atomic E-state index is -4.48. The molecule has 0 aromatic carbocycles. The molecule has 0 saturated carbocycles. The van der Waals surface area contributed by atoms with E-state index >= 15 is 0 Å². The largest absolute Gasteiger partial charge is 0.417 e. The minimum Gasteiger partial charge on any atom is -0.396 e. The van der Waals surface area contributed by atoms with Crippen molar-refractivity contribution in [1.29, 1.82) is 0 Å². The van der Waals surface area contributed by atoms with Crippen LogP contribution >= 0.6 is 0 Å². The zero-order valence-corrected chi connectivity index (χ0v) is 13.6. The fourth-order valence-corrected chi connectivity index (χ4v) is 2.34. The van der Waals surface area contributed by atoms with E-state index in [2.05, 4.69) is 25.3 Å². The molecule has 0 atom stereocenters. The normalized spacial score (nSPS) is 12.1. The lowest BCUT2D eigenvalue weighted by molar-refractivity contribution is -0.137. The molecular formula is C16H17F3N6. The van der Waals surface area contributed by atoms with Gasteiger partial charge in [0, 0.05) is 29.9 Å². The van der Waals surface area contributed by atoms with Crippen molar-refractivity contribution in [3.63, 3.8) is 0 Å². The van der Waals surface area contributed by atoms with Crippen molar-refractivity contribution in [2.24, 2.45) is 5.92 Å². The molecule has 0 saturated heterocycles. The minimum absolute atomic E-state index is 0.272. The van der Waals surface area contributed by atoms with E-state index in [-0.39, 0.29) is 5.69 Å². The number of nitrogens with two attached hydrogens (primary N) is 1. The number of rotatable bonds is 4. The lowest BCUT2D eigenvalue weighted by atomic mass is 10.1. The van der Waals surface area contributed by atoms with Crippen LogP contribution in [0.2, 0.25) is 0 Å². The number of nitrogen functional groups attached to an aromatic ring is 1. The van der Waals surface area contributed by atoms with Gasteiger partial charge in [-0.1, -0.05) is 13.8 Å². The lowest BCUT2D eigenvalue weighted by Crippen LogP contribution is -2.11. The molecule has 3 rings (SSSR count). The number of anilines is 2. The Balaban J connectivity index is 2.08. The molecule has 0 bridgehead atoms. The first kappa shape index (κ1) is 17.0. The van der Waals surface area contributed by atoms with Crippen molar-refractivity contribution in [2.75, 3.05) is 17.6 Å². The van der Waals surface area contributed by atoms with Crippen molar-refractivity contribution in [3.05, 3.63) is 30.2 Å². The third kappa shape index (κ3) is 3.49. The number of aromatic nitrogens is 4. The summed E-state index contributed by atoms with van der Waals surface area (Å²) < 4.78 is 38.9. The van der Waals surface area contributed by atoms with E-state index in [1.165, 1.54) is 6.20 Å². The summed E-state index contributed by atoms with van der Waals surface area (Å²) in [6.07, 6.45) is -0.702. The van der Waals surface area contributed by atoms with Crippen molar-refractivity contribution < 1.29 is 13.2 Å². The summed E-state index contributed by atoms with van der Waals surface area (Å²) in [7, 11) is 0. The molecule has 132 valence electrons. The monoisotopic (exact) mass is 350 g/mol. The molecule has 0 aliphatic heterocycles. The highest BCUT2D eigenvalue weighted by atomic mass is 19.4. The van der Waals surface area contributed by atoms with Gasteiger partial charge in [-0.25, -0.2) is 15.0 Å². The Hall–Kier alpha value is -2.84. The average Bonchev–Trinajstić information content (AvgIpc) is 2.96. The van der Waals surface area contributed by atoms with Crippen molar-refractivity contribution in [1.82, 2.24) is 19.9 Å². The molecule has 0 aliphatic rings. The number of fused-ring (bicyclic) bond motifs is 1. The van der Waals surface area contributed by atoms with Gasteiger partial charge in [0.15, 0.2) is 0 Å². The number of nitrogens with one attached hydrogen (secondary N) is 2. The highest BCUT2D eigenvalue weighted by Gasteiger charge is 2.31. The predicted octanol–water partition coefficient (Wildman–Crippen LogP) is 3.69. The molecule has 3 aromatic rings. The van der Waals surface area contributed by atoms with Gasteiger partial charge in [0.25, 0.3) is 0 Å². The summed E-state index contributed by atoms with van der Waals surface area (Å²) in [5.74, 6) is 0.753. The molecule has 0 spiro atoms. The van der Waals surface area contributed by atoms with Gasteiger partial charge in [-0.05, 0) is 12.0 Å². The molecule has 0 amide bonds. The Morgan fingerprint density at radius 3 is 2.68 bits per heavy atom. The van der Waals surface area contributed by atoms with Gasteiger partial charge in [-0.15, -0.1) is 0 Å². The maximum absolute atomic E-state index is 13.0. The van der Waals surface area contributed by atoms with Crippen LogP contribution in [-0.2, 0) is 6.18 Å². The maximum atomic E-state index is 13.0. The fraction of sp³-hybridized carbons (Fsp3) is 0.312. The highest BCUT2D eigenvalue weighted by molar-refractivity contribution is 5.95. The number of hydrogen-bond acceptors (Lipinski definition) is 5. The van der Waals surface area contributed by atoms with Crippen LogP contribution in [0.4, 0.5) is 24.8 Å². The van der Waals surface area contributed by atoms with E-state index < -0.39 is 11.7 Å². The topological polar surface area (TPSA) is 92.5 Å². The zero-order chi connectivity index (χ0) is 18.2. The van der Waals surface area contributed by atoms with Crippen molar-refractivity contribution in [2.45, 2.75) is 20.0 Å². The summed E-state index contributed by atoms with van der Waals surface area (Å²) in [4.78, 5) is 15.1. The van der Waals surface area contributed by atoms with Crippen LogP contribution in [0.5, 0.6) is 0 Å². The average molecular weight is 350 g/mol. The van der Waals surface area contributed by atoms with Gasteiger partial charge >= 0.3 is 6.18 Å². The van der Waals surface area contributed by atoms with Crippen LogP contribution in [-0.4, -0.2) is 26.5 Å². The summed E-state index contributed by atoms with van der Waals surface area (Å²) >= 11 is 0. The number of nitrogens with zero attached hydrogens (tertiary/aromatic N) is 3. The predicted molar refractivity (Wildman–Crippen MR) is 89.9 cm³/mol. The second-order valence-corrected chi connectivity index (χ2v) is 6.09. The first-order chi connectivity index (χ1) is 11.8. The van der Waals surface area contributed by atoms with E-state index in [9.17, 15) is 13.2 Å². The molecule has 4 N–H and O–H groups in total. The fourth-order valence-electron chi connectivity index (χ4n) is 2.34. The van der Waals surface area contributed by atoms with E-state index in [1.54, 1.807) is 6.20 Å². The number of H-pyrrole nitrogens is 1. The molecule has 3 aromatic heterocycles. The standard InChI is InChI=1S/C16H17F3N6/c1-8(2)4-23-15-24-7-12(20)13(25-15)11-6-22-14-10(11)3-9(5-21-14)16(17,18)19/h3,5-8H,4,20H2,1-2H3,(H,21,22)(H,23,24,25). The molecule has 0 unspecified atom stereocenters. The van der Waals surface area contributed by atoms with Gasteiger partial charge in [0.1, 0.15) is 11.3 Å². The maximum Gasteiger partial charge on any atom is 0.417 e. The second-order valence-electron chi connectivity index (χ2n) is 6.09. The Labute approximate surface area is 141 Å². The first-order valence-corrected chi connectivity index (χ1v) is 7.66. The van der Waals surface area contributed by atoms with Crippen LogP contribution in [0.15, 0.2) is 24.7 Å². The molecule has 0 aliphatic carbocycles. The number of halogens is 3. The van der Waals surface area contributed by atoms with Crippen LogP contribution in [0.25, 0.3) is 22.3 Å². The molecule has 9 heteroatoms. The molecule has 6 nitrogen and oxygen atoms in total. The zero-order valence-electron chi connectivity index (χ0n) is 13.6. The third-order valence-electron chi connectivity index (χ3n) is 3.60. The van der Waals surface area contributed by atoms with E-state index in [4.69, 9.17) is 5.73 Å². The Morgan fingerprint density at radius 2 is 2.00 bits per heavy atom. The summed E-state index contributed by atoms with van der Waals surface area (Å²) in [5, 5.41) is 3.37. The van der Waals surface area contributed by atoms with Crippen molar-refractivity contribution >= 4 is 22.7 Å². The van der Waals surface area contributed by atoms with Crippen LogP contribution < -0.4 is 11.1 Å². The van der Waals surface area contributed by atoms with Gasteiger partial charge < -0.3 is 16.0 Å². The summed E-state index contributed by atoms with van der Waals surface area (Å²) in [5.41, 5.74) is 6.52. The molecule has 3 heterocycles. The van der Waals surface area contributed by atoms with Gasteiger partial charge in [0.2, 0.25) is 5.95 Å². The van der Waals surface area contributed by atoms with E-state index in [1.807, 2.05) is 13.8 Å². The van der Waals surface area contributed by atoms with Crippen LogP contribution in [0, 0.1) is 5.92 Å². The van der Waals surface area contributed by atoms with Gasteiger partial charge in [-0.2, -0.15) is 13.2 Å². The van der Waals surface area contributed by atoms with Gasteiger partial charge in [-0.3, -0.25) is 0 Å².